The van der Waals surface area contributed by atoms with Crippen LogP contribution < -0.4 is 10.6 Å². The largest absolute Gasteiger partial charge is 0.504 e. The average Bonchev–Trinajstić information content (AvgIpc) is 3.56. The Morgan fingerprint density at radius 3 is 2.32 bits per heavy atom. The summed E-state index contributed by atoms with van der Waals surface area (Å²) in [4.78, 5) is 0. The van der Waals surface area contributed by atoms with Gasteiger partial charge in [-0.2, -0.15) is 8.75 Å². The van der Waals surface area contributed by atoms with Crippen LogP contribution in [0.4, 0.5) is 17.3 Å². The van der Waals surface area contributed by atoms with Gasteiger partial charge in [-0.25, -0.2) is 8.51 Å². The van der Waals surface area contributed by atoms with Crippen LogP contribution in [0.15, 0.2) is 26.3 Å². The highest BCUT2D eigenvalue weighted by Gasteiger charge is 2.22. The van der Waals surface area contributed by atoms with Crippen molar-refractivity contribution in [3.05, 3.63) is 29.0 Å². The van der Waals surface area contributed by atoms with E-state index in [1.807, 2.05) is 33.8 Å². The maximum atomic E-state index is 12.6. The second kappa shape index (κ2) is 15.9. The molecule has 8 nitrogen and oxygen atoms in total. The van der Waals surface area contributed by atoms with Crippen LogP contribution >= 0.6 is 23.1 Å². The van der Waals surface area contributed by atoms with Gasteiger partial charge in [0.25, 0.3) is 0 Å². The van der Waals surface area contributed by atoms with Gasteiger partial charge < -0.3 is 20.2 Å². The van der Waals surface area contributed by atoms with E-state index in [0.29, 0.717) is 47.1 Å². The third-order valence-corrected chi connectivity index (χ3v) is 7.84. The standard InChI is InChI=1S/C18H25N5O3S3.C3H8.C2H6/c1-5-23(6-2)29(25)18-15(24)14(10-27-18)20-17-16(21-28-22-17)19-8-13-7-12(9-26-13)11(3)4;1-3-2;1-2/h7,9-11,24H,5-6,8H2,1-4H3,(H,19,21)(H,20,22);3H2,1-2H3;1-2H3. The number of aromatic hydroxyl groups is 1. The fourth-order valence-electron chi connectivity index (χ4n) is 2.60. The zero-order valence-corrected chi connectivity index (χ0v) is 23.9. The molecule has 0 aliphatic heterocycles. The minimum absolute atomic E-state index is 0.0215. The van der Waals surface area contributed by atoms with E-state index in [9.17, 15) is 9.32 Å². The molecule has 3 aromatic rings. The molecule has 3 N–H and O–H groups in total. The first-order chi connectivity index (χ1) is 16.4. The van der Waals surface area contributed by atoms with Gasteiger partial charge in [0.1, 0.15) is 16.7 Å². The molecule has 34 heavy (non-hydrogen) atoms. The molecule has 0 saturated heterocycles. The van der Waals surface area contributed by atoms with E-state index in [1.165, 1.54) is 17.8 Å². The molecule has 0 amide bonds. The summed E-state index contributed by atoms with van der Waals surface area (Å²) in [6.45, 7) is 18.1. The third kappa shape index (κ3) is 8.37. The van der Waals surface area contributed by atoms with Crippen LogP contribution in [0.5, 0.6) is 5.75 Å². The summed E-state index contributed by atoms with van der Waals surface area (Å²) in [6.07, 6.45) is 3.01. The topological polar surface area (TPSA) is 104 Å². The minimum Gasteiger partial charge on any atom is -0.504 e. The Bertz CT molecular complexity index is 980. The maximum absolute atomic E-state index is 12.6. The number of hydrogen-bond donors (Lipinski definition) is 3. The van der Waals surface area contributed by atoms with Crippen LogP contribution in [0.3, 0.4) is 0 Å². The molecule has 0 fully saturated rings. The van der Waals surface area contributed by atoms with Crippen molar-refractivity contribution in [3.8, 4) is 5.75 Å². The molecular weight excluding hydrogens is 490 g/mol. The number of aromatic nitrogens is 2. The van der Waals surface area contributed by atoms with Gasteiger partial charge in [0, 0.05) is 18.5 Å². The summed E-state index contributed by atoms with van der Waals surface area (Å²) < 4.78 is 28.9. The highest BCUT2D eigenvalue weighted by Crippen LogP contribution is 2.39. The molecule has 0 spiro atoms. The van der Waals surface area contributed by atoms with Gasteiger partial charge in [-0.05, 0) is 17.5 Å². The predicted molar refractivity (Wildman–Crippen MR) is 146 cm³/mol. The van der Waals surface area contributed by atoms with E-state index in [4.69, 9.17) is 4.42 Å². The molecule has 1 unspecified atom stereocenters. The molecule has 11 heteroatoms. The summed E-state index contributed by atoms with van der Waals surface area (Å²) in [6, 6.07) is 2.02. The molecular formula is C23H39N5O3S3. The SMILES string of the molecule is CC.CCC.CCN(CC)S(=O)c1scc(Nc2nsnc2NCc2cc(C(C)C)co2)c1O. The van der Waals surface area contributed by atoms with E-state index >= 15 is 0 Å². The summed E-state index contributed by atoms with van der Waals surface area (Å²) in [5, 5.41) is 18.6. The molecule has 0 radical (unpaired) electrons. The Morgan fingerprint density at radius 2 is 1.76 bits per heavy atom. The van der Waals surface area contributed by atoms with Gasteiger partial charge >= 0.3 is 0 Å². The van der Waals surface area contributed by atoms with E-state index in [2.05, 4.69) is 47.1 Å². The summed E-state index contributed by atoms with van der Waals surface area (Å²) >= 11 is 2.31. The first kappa shape index (κ1) is 30.1. The number of hydrogen-bond acceptors (Lipinski definition) is 9. The lowest BCUT2D eigenvalue weighted by molar-refractivity contribution is 0.459. The number of nitrogens with zero attached hydrogens (tertiary/aromatic N) is 3. The number of furan rings is 1. The number of rotatable bonds is 10. The van der Waals surface area contributed by atoms with Crippen molar-refractivity contribution in [2.75, 3.05) is 23.7 Å². The first-order valence-corrected chi connectivity index (χ1v) is 14.5. The Labute approximate surface area is 214 Å². The summed E-state index contributed by atoms with van der Waals surface area (Å²) in [5.41, 5.74) is 1.61. The van der Waals surface area contributed by atoms with Crippen LogP contribution in [0.2, 0.25) is 0 Å². The van der Waals surface area contributed by atoms with Crippen LogP contribution in [0, 0.1) is 0 Å². The van der Waals surface area contributed by atoms with E-state index in [0.717, 1.165) is 23.1 Å². The molecule has 0 aliphatic carbocycles. The number of anilines is 3. The Hall–Kier alpha value is -1.95. The molecule has 3 heterocycles. The smallest absolute Gasteiger partial charge is 0.188 e. The number of nitrogens with one attached hydrogen (secondary N) is 2. The predicted octanol–water partition coefficient (Wildman–Crippen LogP) is 7.18. The van der Waals surface area contributed by atoms with E-state index < -0.39 is 11.0 Å². The van der Waals surface area contributed by atoms with Crippen LogP contribution in [-0.2, 0) is 17.5 Å². The molecule has 0 aromatic carbocycles. The van der Waals surface area contributed by atoms with Crippen molar-refractivity contribution in [1.29, 1.82) is 0 Å². The highest BCUT2D eigenvalue weighted by molar-refractivity contribution is 7.85. The molecule has 3 rings (SSSR count). The van der Waals surface area contributed by atoms with Crippen LogP contribution in [-0.4, -0.2) is 35.5 Å². The van der Waals surface area contributed by atoms with Crippen molar-refractivity contribution >= 4 is 51.4 Å². The third-order valence-electron chi connectivity index (χ3n) is 4.34. The van der Waals surface area contributed by atoms with Crippen LogP contribution in [0.1, 0.15) is 79.1 Å². The zero-order chi connectivity index (χ0) is 25.7. The molecule has 0 saturated carbocycles. The van der Waals surface area contributed by atoms with Crippen LogP contribution in [0.25, 0.3) is 0 Å². The van der Waals surface area contributed by atoms with Crippen molar-refractivity contribution < 1.29 is 13.7 Å². The second-order valence-corrected chi connectivity index (χ2v) is 10.4. The Morgan fingerprint density at radius 1 is 1.15 bits per heavy atom. The van der Waals surface area contributed by atoms with Crippen molar-refractivity contribution in [2.45, 2.75) is 78.5 Å². The minimum atomic E-state index is -1.40. The van der Waals surface area contributed by atoms with Gasteiger partial charge in [0.15, 0.2) is 21.6 Å². The lowest BCUT2D eigenvalue weighted by atomic mass is 10.1. The molecule has 0 aliphatic rings. The van der Waals surface area contributed by atoms with Gasteiger partial charge in [-0.15, -0.1) is 11.3 Å². The number of thiophene rings is 1. The van der Waals surface area contributed by atoms with Gasteiger partial charge in [0.05, 0.1) is 30.2 Å². The normalized spacial score (nSPS) is 11.5. The molecule has 0 bridgehead atoms. The van der Waals surface area contributed by atoms with Crippen molar-refractivity contribution in [2.24, 2.45) is 0 Å². The lowest BCUT2D eigenvalue weighted by Crippen LogP contribution is -2.24. The lowest BCUT2D eigenvalue weighted by Gasteiger charge is -2.15. The Balaban J connectivity index is 0.00000107. The van der Waals surface area contributed by atoms with Gasteiger partial charge in [-0.3, -0.25) is 0 Å². The fourth-order valence-corrected chi connectivity index (χ4v) is 5.47. The van der Waals surface area contributed by atoms with E-state index in [-0.39, 0.29) is 5.75 Å². The monoisotopic (exact) mass is 529 g/mol. The second-order valence-electron chi connectivity index (χ2n) is 7.30. The van der Waals surface area contributed by atoms with Crippen molar-refractivity contribution in [1.82, 2.24) is 13.1 Å². The van der Waals surface area contributed by atoms with Gasteiger partial charge in [0.2, 0.25) is 0 Å². The van der Waals surface area contributed by atoms with Gasteiger partial charge in [-0.1, -0.05) is 61.8 Å². The van der Waals surface area contributed by atoms with E-state index in [1.54, 1.807) is 15.9 Å². The molecule has 192 valence electrons. The maximum Gasteiger partial charge on any atom is 0.188 e. The molecule has 1 atom stereocenters. The average molecular weight is 530 g/mol. The fraction of sp³-hybridized carbons (Fsp3) is 0.565. The zero-order valence-electron chi connectivity index (χ0n) is 21.5. The summed E-state index contributed by atoms with van der Waals surface area (Å²) in [7, 11) is -1.40. The molecule has 3 aromatic heterocycles. The Kier molecular flexibility index (Phi) is 14.0. The first-order valence-electron chi connectivity index (χ1n) is 11.7. The highest BCUT2D eigenvalue weighted by atomic mass is 32.2. The van der Waals surface area contributed by atoms with Crippen molar-refractivity contribution in [3.63, 3.8) is 0 Å². The summed E-state index contributed by atoms with van der Waals surface area (Å²) in [5.74, 6) is 2.26. The quantitative estimate of drug-likeness (QED) is 0.255.